The lowest BCUT2D eigenvalue weighted by Crippen LogP contribution is -2.45. The molecule has 0 saturated heterocycles. The topological polar surface area (TPSA) is 172 Å². The van der Waals surface area contributed by atoms with Crippen molar-refractivity contribution in [1.29, 1.82) is 0 Å². The van der Waals surface area contributed by atoms with Gasteiger partial charge >= 0.3 is 18.0 Å². The summed E-state index contributed by atoms with van der Waals surface area (Å²) in [6.07, 6.45) is 1.46. The number of hydrazone groups is 1. The molecule has 0 fully saturated rings. The summed E-state index contributed by atoms with van der Waals surface area (Å²) < 4.78 is 33.1. The number of methoxy groups -OCH3 is 1. The molecule has 14 nitrogen and oxygen atoms in total. The predicted octanol–water partition coefficient (Wildman–Crippen LogP) is 4.57. The molecule has 1 atom stereocenters. The molecule has 14 heteroatoms. The van der Waals surface area contributed by atoms with Gasteiger partial charge in [-0.05, 0) is 86.8 Å². The van der Waals surface area contributed by atoms with E-state index in [9.17, 15) is 19.2 Å². The number of urea groups is 1. The number of hydrogen-bond acceptors (Lipinski definition) is 11. The van der Waals surface area contributed by atoms with Gasteiger partial charge in [-0.3, -0.25) is 4.79 Å². The van der Waals surface area contributed by atoms with Crippen LogP contribution in [-0.2, 0) is 25.7 Å². The Morgan fingerprint density at radius 2 is 1.52 bits per heavy atom. The van der Waals surface area contributed by atoms with E-state index in [1.54, 1.807) is 81.4 Å². The molecule has 3 aromatic carbocycles. The smallest absolute Gasteiger partial charge is 0.338 e. The Hall–Kier alpha value is -6.05. The van der Waals surface area contributed by atoms with Gasteiger partial charge in [-0.15, -0.1) is 0 Å². The van der Waals surface area contributed by atoms with E-state index in [4.69, 9.17) is 28.4 Å². The first-order valence-electron chi connectivity index (χ1n) is 15.9. The average molecular weight is 689 g/mol. The second-order valence-electron chi connectivity index (χ2n) is 10.6. The minimum Gasteiger partial charge on any atom is -0.493 e. The maximum atomic E-state index is 12.6. The van der Waals surface area contributed by atoms with E-state index in [0.29, 0.717) is 47.1 Å². The van der Waals surface area contributed by atoms with Crippen molar-refractivity contribution in [3.8, 4) is 23.0 Å². The van der Waals surface area contributed by atoms with Crippen molar-refractivity contribution >= 4 is 30.1 Å². The average Bonchev–Trinajstić information content (AvgIpc) is 3.10. The molecule has 0 saturated carbocycles. The third kappa shape index (κ3) is 9.75. The Kier molecular flexibility index (Phi) is 13.2. The minimum atomic E-state index is -0.788. The standard InChI is InChI=1S/C36H40N4O10/c1-6-46-30-17-24(11-15-28(30)49-20-23-9-12-25(13-10-23)34(42)47-7-2)19-37-40-31(41)21-50-27-16-14-26(18-29(27)45-5)33-32(35(43)48-8-3)22(4)38-36(44)39-33/h9-19,33H,6-8,20-21H2,1-5H3,(H,40,41)(H2,38,39,44)/b37-19+/t33-/m0/s1. The number of carbonyl (C=O) groups excluding carboxylic acids is 4. The van der Waals surface area contributed by atoms with Crippen LogP contribution in [0.15, 0.2) is 77.0 Å². The molecule has 0 unspecified atom stereocenters. The molecule has 0 radical (unpaired) electrons. The van der Waals surface area contributed by atoms with Crippen molar-refractivity contribution in [2.45, 2.75) is 40.3 Å². The predicted molar refractivity (Wildman–Crippen MR) is 182 cm³/mol. The number of nitrogens with one attached hydrogen (secondary N) is 3. The number of ether oxygens (including phenoxy) is 6. The van der Waals surface area contributed by atoms with Crippen molar-refractivity contribution in [2.75, 3.05) is 33.5 Å². The number of benzene rings is 3. The first kappa shape index (κ1) is 36.8. The molecule has 0 spiro atoms. The molecule has 1 heterocycles. The molecular weight excluding hydrogens is 648 g/mol. The number of amides is 3. The lowest BCUT2D eigenvalue weighted by Gasteiger charge is -2.28. The van der Waals surface area contributed by atoms with Crippen LogP contribution in [0.1, 0.15) is 60.8 Å². The number of esters is 2. The van der Waals surface area contributed by atoms with Crippen LogP contribution in [0.2, 0.25) is 0 Å². The highest BCUT2D eigenvalue weighted by atomic mass is 16.5. The summed E-state index contributed by atoms with van der Waals surface area (Å²) in [6, 6.07) is 15.8. The number of carbonyl (C=O) groups is 4. The lowest BCUT2D eigenvalue weighted by molar-refractivity contribution is -0.139. The summed E-state index contributed by atoms with van der Waals surface area (Å²) >= 11 is 0. The molecule has 0 bridgehead atoms. The summed E-state index contributed by atoms with van der Waals surface area (Å²) in [5, 5.41) is 9.34. The van der Waals surface area contributed by atoms with Crippen molar-refractivity contribution in [3.63, 3.8) is 0 Å². The van der Waals surface area contributed by atoms with E-state index in [1.165, 1.54) is 13.3 Å². The Labute approximate surface area is 289 Å². The van der Waals surface area contributed by atoms with E-state index >= 15 is 0 Å². The van der Waals surface area contributed by atoms with Crippen LogP contribution >= 0.6 is 0 Å². The summed E-state index contributed by atoms with van der Waals surface area (Å²) in [6.45, 7) is 7.68. The molecule has 0 aliphatic carbocycles. The maximum absolute atomic E-state index is 12.6. The Bertz CT molecular complexity index is 1750. The molecular formula is C36H40N4O10. The zero-order chi connectivity index (χ0) is 36.0. The van der Waals surface area contributed by atoms with E-state index < -0.39 is 23.9 Å². The van der Waals surface area contributed by atoms with Crippen LogP contribution in [0, 0.1) is 0 Å². The van der Waals surface area contributed by atoms with Crippen molar-refractivity contribution in [1.82, 2.24) is 16.1 Å². The highest BCUT2D eigenvalue weighted by Crippen LogP contribution is 2.35. The summed E-state index contributed by atoms with van der Waals surface area (Å²) in [7, 11) is 1.43. The Morgan fingerprint density at radius 1 is 0.820 bits per heavy atom. The van der Waals surface area contributed by atoms with Gasteiger partial charge in [-0.2, -0.15) is 5.10 Å². The van der Waals surface area contributed by atoms with E-state index in [-0.39, 0.29) is 42.9 Å². The fourth-order valence-electron chi connectivity index (χ4n) is 4.87. The molecule has 1 aliphatic rings. The number of allylic oxidation sites excluding steroid dienone is 1. The first-order valence-corrected chi connectivity index (χ1v) is 15.9. The van der Waals surface area contributed by atoms with Crippen LogP contribution in [0.25, 0.3) is 0 Å². The van der Waals surface area contributed by atoms with Gasteiger partial charge in [0.05, 0.1) is 50.3 Å². The van der Waals surface area contributed by atoms with Gasteiger partial charge in [0.25, 0.3) is 5.91 Å². The SMILES string of the molecule is CCOC(=O)C1=C(C)NC(=O)N[C@H]1c1ccc(OCC(=O)N/N=C/c2ccc(OCc3ccc(C(=O)OCC)cc3)c(OCC)c2)c(OC)c1. The number of nitrogens with zero attached hydrogens (tertiary/aromatic N) is 1. The number of hydrogen-bond donors (Lipinski definition) is 3. The highest BCUT2D eigenvalue weighted by molar-refractivity contribution is 5.95. The van der Waals surface area contributed by atoms with Gasteiger partial charge in [-0.1, -0.05) is 18.2 Å². The fraction of sp³-hybridized carbons (Fsp3) is 0.306. The molecule has 264 valence electrons. The molecule has 3 aromatic rings. The molecule has 50 heavy (non-hydrogen) atoms. The zero-order valence-electron chi connectivity index (χ0n) is 28.5. The monoisotopic (exact) mass is 688 g/mol. The summed E-state index contributed by atoms with van der Waals surface area (Å²) in [4.78, 5) is 49.3. The Morgan fingerprint density at radius 3 is 2.22 bits per heavy atom. The summed E-state index contributed by atoms with van der Waals surface area (Å²) in [5.74, 6) is 0.0917. The van der Waals surface area contributed by atoms with Gasteiger partial charge < -0.3 is 39.1 Å². The van der Waals surface area contributed by atoms with Crippen molar-refractivity contribution in [3.05, 3.63) is 94.2 Å². The lowest BCUT2D eigenvalue weighted by atomic mass is 9.95. The number of rotatable bonds is 16. The quantitative estimate of drug-likeness (QED) is 0.110. The van der Waals surface area contributed by atoms with Crippen LogP contribution in [-0.4, -0.2) is 63.6 Å². The van der Waals surface area contributed by atoms with Crippen molar-refractivity contribution in [2.24, 2.45) is 5.10 Å². The zero-order valence-corrected chi connectivity index (χ0v) is 28.5. The van der Waals surface area contributed by atoms with Crippen LogP contribution in [0.4, 0.5) is 4.79 Å². The molecule has 0 aromatic heterocycles. The van der Waals surface area contributed by atoms with E-state index in [2.05, 4.69) is 21.2 Å². The van der Waals surface area contributed by atoms with E-state index in [1.807, 2.05) is 6.92 Å². The largest absolute Gasteiger partial charge is 0.493 e. The Balaban J connectivity index is 1.34. The fourth-order valence-corrected chi connectivity index (χ4v) is 4.87. The molecule has 3 amide bonds. The van der Waals surface area contributed by atoms with Crippen molar-refractivity contribution < 1.29 is 47.6 Å². The van der Waals surface area contributed by atoms with Gasteiger partial charge in [-0.25, -0.2) is 19.8 Å². The van der Waals surface area contributed by atoms with Crippen LogP contribution in [0.3, 0.4) is 0 Å². The molecule has 1 aliphatic heterocycles. The molecule has 3 N–H and O–H groups in total. The second-order valence-corrected chi connectivity index (χ2v) is 10.6. The minimum absolute atomic E-state index is 0.173. The van der Waals surface area contributed by atoms with Gasteiger partial charge in [0.2, 0.25) is 0 Å². The molecule has 4 rings (SSSR count). The second kappa shape index (κ2) is 17.9. The summed E-state index contributed by atoms with van der Waals surface area (Å²) in [5.41, 5.74) is 5.58. The van der Waals surface area contributed by atoms with Crippen LogP contribution < -0.4 is 35.0 Å². The maximum Gasteiger partial charge on any atom is 0.338 e. The van der Waals surface area contributed by atoms with Crippen LogP contribution in [0.5, 0.6) is 23.0 Å². The first-order chi connectivity index (χ1) is 24.2. The third-order valence-corrected chi connectivity index (χ3v) is 7.17. The van der Waals surface area contributed by atoms with Gasteiger partial charge in [0, 0.05) is 5.70 Å². The van der Waals surface area contributed by atoms with Gasteiger partial charge in [0.15, 0.2) is 29.6 Å². The van der Waals surface area contributed by atoms with E-state index in [0.717, 1.165) is 5.56 Å². The third-order valence-electron chi connectivity index (χ3n) is 7.17. The highest BCUT2D eigenvalue weighted by Gasteiger charge is 2.32. The van der Waals surface area contributed by atoms with Gasteiger partial charge in [0.1, 0.15) is 6.61 Å². The normalized spacial score (nSPS) is 13.9.